The Morgan fingerprint density at radius 2 is 2.50 bits per heavy atom. The lowest BCUT2D eigenvalue weighted by Crippen LogP contribution is -2.36. The molecule has 0 saturated carbocycles. The molecule has 0 amide bonds. The van der Waals surface area contributed by atoms with E-state index < -0.39 is 0 Å². The molecule has 1 unspecified atom stereocenters. The number of nitrogens with one attached hydrogen (secondary N) is 1. The first-order valence-corrected chi connectivity index (χ1v) is 6.66. The monoisotopic (exact) mass is 286 g/mol. The third-order valence-corrected chi connectivity index (χ3v) is 3.78. The molecule has 16 heavy (non-hydrogen) atoms. The second-order valence-electron chi connectivity index (χ2n) is 4.60. The molecular weight excluding hydrogens is 268 g/mol. The molecule has 2 rings (SSSR count). The van der Waals surface area contributed by atoms with Gasteiger partial charge in [-0.15, -0.1) is 0 Å². The molecule has 1 saturated heterocycles. The highest BCUT2D eigenvalue weighted by atomic mass is 79.9. The Bertz CT molecular complexity index is 321. The van der Waals surface area contributed by atoms with Gasteiger partial charge < -0.3 is 9.73 Å². The third kappa shape index (κ3) is 3.34. The predicted octanol–water partition coefficient (Wildman–Crippen LogP) is 2.47. The van der Waals surface area contributed by atoms with Crippen molar-refractivity contribution in [1.29, 1.82) is 0 Å². The van der Waals surface area contributed by atoms with Gasteiger partial charge in [0, 0.05) is 6.54 Å². The van der Waals surface area contributed by atoms with Gasteiger partial charge in [-0.3, -0.25) is 4.90 Å². The number of nitrogens with zero attached hydrogens (tertiary/aromatic N) is 1. The smallest absolute Gasteiger partial charge is 0.131 e. The summed E-state index contributed by atoms with van der Waals surface area (Å²) in [5.74, 6) is 1.80. The van der Waals surface area contributed by atoms with Gasteiger partial charge in [0.1, 0.15) is 5.76 Å². The summed E-state index contributed by atoms with van der Waals surface area (Å²) >= 11 is 3.49. The molecular formula is C12H19BrN2O. The molecule has 1 aromatic heterocycles. The first kappa shape index (κ1) is 12.1. The van der Waals surface area contributed by atoms with Crippen LogP contribution < -0.4 is 5.32 Å². The number of furan rings is 1. The zero-order valence-corrected chi connectivity index (χ0v) is 11.3. The molecule has 1 N–H and O–H groups in total. The fraction of sp³-hybridized carbons (Fsp3) is 0.667. The fourth-order valence-corrected chi connectivity index (χ4v) is 2.59. The van der Waals surface area contributed by atoms with Crippen molar-refractivity contribution in [3.05, 3.63) is 22.6 Å². The quantitative estimate of drug-likeness (QED) is 0.922. The van der Waals surface area contributed by atoms with E-state index in [9.17, 15) is 0 Å². The van der Waals surface area contributed by atoms with Gasteiger partial charge in [0.15, 0.2) is 0 Å². The van der Waals surface area contributed by atoms with E-state index in [4.69, 9.17) is 4.42 Å². The number of piperidine rings is 1. The first-order valence-electron chi connectivity index (χ1n) is 5.87. The lowest BCUT2D eigenvalue weighted by Gasteiger charge is -2.27. The zero-order chi connectivity index (χ0) is 11.4. The average molecular weight is 287 g/mol. The van der Waals surface area contributed by atoms with E-state index >= 15 is 0 Å². The van der Waals surface area contributed by atoms with Crippen LogP contribution in [0.15, 0.2) is 21.2 Å². The van der Waals surface area contributed by atoms with Crippen molar-refractivity contribution in [2.24, 2.45) is 5.92 Å². The van der Waals surface area contributed by atoms with Gasteiger partial charge in [-0.25, -0.2) is 0 Å². The molecule has 0 radical (unpaired) electrons. The van der Waals surface area contributed by atoms with E-state index in [-0.39, 0.29) is 0 Å². The Morgan fingerprint density at radius 1 is 1.62 bits per heavy atom. The van der Waals surface area contributed by atoms with Crippen molar-refractivity contribution in [3.63, 3.8) is 0 Å². The van der Waals surface area contributed by atoms with E-state index in [1.54, 1.807) is 6.26 Å². The Balaban J connectivity index is 1.79. The van der Waals surface area contributed by atoms with Crippen molar-refractivity contribution >= 4 is 15.9 Å². The van der Waals surface area contributed by atoms with E-state index in [2.05, 4.69) is 33.2 Å². The highest BCUT2D eigenvalue weighted by Crippen LogP contribution is 2.20. The van der Waals surface area contributed by atoms with Crippen LogP contribution in [-0.4, -0.2) is 31.6 Å². The standard InChI is InChI=1S/C12H19BrN2O/c1-15(8-10-3-2-5-14-7-10)9-12-11(13)4-6-16-12/h4,6,10,14H,2-3,5,7-9H2,1H3. The summed E-state index contributed by atoms with van der Waals surface area (Å²) in [6, 6.07) is 1.95. The topological polar surface area (TPSA) is 28.4 Å². The maximum Gasteiger partial charge on any atom is 0.131 e. The van der Waals surface area contributed by atoms with Crippen LogP contribution >= 0.6 is 15.9 Å². The van der Waals surface area contributed by atoms with Crippen LogP contribution in [0, 0.1) is 5.92 Å². The van der Waals surface area contributed by atoms with Crippen LogP contribution in [0.25, 0.3) is 0 Å². The first-order chi connectivity index (χ1) is 7.75. The van der Waals surface area contributed by atoms with Crippen LogP contribution in [0.3, 0.4) is 0 Å². The molecule has 0 bridgehead atoms. The molecule has 0 spiro atoms. The van der Waals surface area contributed by atoms with Gasteiger partial charge in [0.25, 0.3) is 0 Å². The van der Waals surface area contributed by atoms with E-state index in [0.29, 0.717) is 0 Å². The van der Waals surface area contributed by atoms with Gasteiger partial charge in [0.05, 0.1) is 17.3 Å². The summed E-state index contributed by atoms with van der Waals surface area (Å²) in [5.41, 5.74) is 0. The number of hydrogen-bond donors (Lipinski definition) is 1. The molecule has 1 aliphatic heterocycles. The van der Waals surface area contributed by atoms with Crippen molar-refractivity contribution < 1.29 is 4.42 Å². The van der Waals surface area contributed by atoms with Gasteiger partial charge in [0.2, 0.25) is 0 Å². The van der Waals surface area contributed by atoms with Gasteiger partial charge in [-0.2, -0.15) is 0 Å². The highest BCUT2D eigenvalue weighted by molar-refractivity contribution is 9.10. The number of halogens is 1. The van der Waals surface area contributed by atoms with Crippen LogP contribution in [0.4, 0.5) is 0 Å². The summed E-state index contributed by atoms with van der Waals surface area (Å²) in [5, 5.41) is 3.45. The van der Waals surface area contributed by atoms with Crippen LogP contribution in [-0.2, 0) is 6.54 Å². The number of hydrogen-bond acceptors (Lipinski definition) is 3. The summed E-state index contributed by atoms with van der Waals surface area (Å²) in [4.78, 5) is 2.33. The Morgan fingerprint density at radius 3 is 3.12 bits per heavy atom. The lowest BCUT2D eigenvalue weighted by atomic mass is 9.99. The fourth-order valence-electron chi connectivity index (χ4n) is 2.27. The Hall–Kier alpha value is -0.320. The second-order valence-corrected chi connectivity index (χ2v) is 5.46. The van der Waals surface area contributed by atoms with E-state index in [1.807, 2.05) is 6.07 Å². The van der Waals surface area contributed by atoms with Crippen LogP contribution in [0.2, 0.25) is 0 Å². The predicted molar refractivity (Wildman–Crippen MR) is 68.3 cm³/mol. The van der Waals surface area contributed by atoms with Crippen LogP contribution in [0.5, 0.6) is 0 Å². The normalized spacial score (nSPS) is 21.6. The molecule has 4 heteroatoms. The van der Waals surface area contributed by atoms with Crippen molar-refractivity contribution in [2.45, 2.75) is 19.4 Å². The number of rotatable bonds is 4. The molecule has 1 atom stereocenters. The summed E-state index contributed by atoms with van der Waals surface area (Å²) in [7, 11) is 2.16. The minimum atomic E-state index is 0.785. The van der Waals surface area contributed by atoms with Crippen molar-refractivity contribution in [2.75, 3.05) is 26.7 Å². The molecule has 2 heterocycles. The zero-order valence-electron chi connectivity index (χ0n) is 9.71. The summed E-state index contributed by atoms with van der Waals surface area (Å²) in [6.45, 7) is 4.36. The minimum absolute atomic E-state index is 0.785. The highest BCUT2D eigenvalue weighted by Gasteiger charge is 2.16. The molecule has 1 aliphatic rings. The molecule has 1 aromatic rings. The Kier molecular flexibility index (Phi) is 4.44. The average Bonchev–Trinajstić information content (AvgIpc) is 2.66. The maximum absolute atomic E-state index is 5.42. The molecule has 0 aliphatic carbocycles. The molecule has 90 valence electrons. The van der Waals surface area contributed by atoms with Gasteiger partial charge >= 0.3 is 0 Å². The third-order valence-electron chi connectivity index (χ3n) is 3.07. The maximum atomic E-state index is 5.42. The van der Waals surface area contributed by atoms with Crippen molar-refractivity contribution in [1.82, 2.24) is 10.2 Å². The Labute approximate surface area is 105 Å². The second kappa shape index (κ2) is 5.84. The largest absolute Gasteiger partial charge is 0.467 e. The van der Waals surface area contributed by atoms with Gasteiger partial charge in [-0.1, -0.05) is 0 Å². The van der Waals surface area contributed by atoms with E-state index in [1.165, 1.54) is 19.4 Å². The minimum Gasteiger partial charge on any atom is -0.467 e. The molecule has 1 fully saturated rings. The van der Waals surface area contributed by atoms with E-state index in [0.717, 1.165) is 35.8 Å². The molecule has 3 nitrogen and oxygen atoms in total. The summed E-state index contributed by atoms with van der Waals surface area (Å²) in [6.07, 6.45) is 4.38. The lowest BCUT2D eigenvalue weighted by molar-refractivity contribution is 0.223. The SMILES string of the molecule is CN(Cc1occc1Br)CC1CCCNC1. The van der Waals surface area contributed by atoms with Crippen LogP contribution in [0.1, 0.15) is 18.6 Å². The van der Waals surface area contributed by atoms with Crippen molar-refractivity contribution in [3.8, 4) is 0 Å². The molecule has 0 aromatic carbocycles. The van der Waals surface area contributed by atoms with Gasteiger partial charge in [-0.05, 0) is 60.9 Å². The summed E-state index contributed by atoms with van der Waals surface area (Å²) < 4.78 is 6.49.